The molecule has 0 bridgehead atoms. The number of hydrogen-bond donors (Lipinski definition) is 0. The van der Waals surface area contributed by atoms with Crippen LogP contribution in [-0.2, 0) is 0 Å². The molecule has 0 fully saturated rings. The third kappa shape index (κ3) is 3.49. The van der Waals surface area contributed by atoms with Gasteiger partial charge in [0.05, 0.1) is 16.6 Å². The zero-order valence-corrected chi connectivity index (χ0v) is 20.7. The molecule has 7 rings (SSSR count). The molecule has 5 aromatic carbocycles. The first-order valence-electron chi connectivity index (χ1n) is 12.7. The Balaban J connectivity index is 1.42. The molecule has 0 aliphatic rings. The van der Waals surface area contributed by atoms with E-state index in [0.717, 1.165) is 0 Å². The molecule has 0 unspecified atom stereocenters. The fourth-order valence-corrected chi connectivity index (χ4v) is 5.57. The van der Waals surface area contributed by atoms with Crippen molar-refractivity contribution in [1.29, 1.82) is 0 Å². The summed E-state index contributed by atoms with van der Waals surface area (Å²) in [4.78, 5) is 0. The van der Waals surface area contributed by atoms with Crippen molar-refractivity contribution in [3.8, 4) is 22.5 Å². The summed E-state index contributed by atoms with van der Waals surface area (Å²) in [5, 5.41) is 3.79. The van der Waals surface area contributed by atoms with Crippen LogP contribution in [0.4, 0.5) is 0 Å². The van der Waals surface area contributed by atoms with E-state index in [1.807, 2.05) is 0 Å². The van der Waals surface area contributed by atoms with Crippen LogP contribution in [0, 0.1) is 0 Å². The van der Waals surface area contributed by atoms with Crippen LogP contribution in [0.1, 0.15) is 12.5 Å². The smallest absolute Gasteiger partial charge is 0.0613 e. The van der Waals surface area contributed by atoms with Crippen LogP contribution in [0.2, 0.25) is 0 Å². The SMILES string of the molecule is C/C=C/c1cc(-c2ccc(-n3ccc4ccccc43)cc2)cc2c3ccccc3n(-c3ccccc3)c12. The summed E-state index contributed by atoms with van der Waals surface area (Å²) in [6, 6.07) is 43.6. The lowest BCUT2D eigenvalue weighted by molar-refractivity contribution is 1.13. The lowest BCUT2D eigenvalue weighted by atomic mass is 9.98. The first-order valence-corrected chi connectivity index (χ1v) is 12.7. The summed E-state index contributed by atoms with van der Waals surface area (Å²) >= 11 is 0. The van der Waals surface area contributed by atoms with Crippen LogP contribution < -0.4 is 0 Å². The maximum Gasteiger partial charge on any atom is 0.0613 e. The number of hydrogen-bond acceptors (Lipinski definition) is 0. The Morgan fingerprint density at radius 3 is 2.11 bits per heavy atom. The van der Waals surface area contributed by atoms with E-state index in [4.69, 9.17) is 0 Å². The molecule has 2 aromatic heterocycles. The van der Waals surface area contributed by atoms with E-state index in [-0.39, 0.29) is 0 Å². The summed E-state index contributed by atoms with van der Waals surface area (Å²) in [5.74, 6) is 0. The molecule has 176 valence electrons. The number of allylic oxidation sites excluding steroid dienone is 1. The summed E-state index contributed by atoms with van der Waals surface area (Å²) in [6.45, 7) is 2.09. The fraction of sp³-hybridized carbons (Fsp3) is 0.0286. The number of aromatic nitrogens is 2. The maximum atomic E-state index is 2.39. The topological polar surface area (TPSA) is 9.86 Å². The minimum atomic E-state index is 1.17. The minimum absolute atomic E-state index is 1.17. The second-order valence-corrected chi connectivity index (χ2v) is 9.44. The molecule has 0 atom stereocenters. The zero-order valence-electron chi connectivity index (χ0n) is 20.7. The van der Waals surface area contributed by atoms with Crippen LogP contribution in [0.5, 0.6) is 0 Å². The van der Waals surface area contributed by atoms with Gasteiger partial charge in [-0.05, 0) is 83.6 Å². The molecule has 2 heteroatoms. The summed E-state index contributed by atoms with van der Waals surface area (Å²) in [6.07, 6.45) is 6.50. The van der Waals surface area contributed by atoms with Gasteiger partial charge in [-0.3, -0.25) is 0 Å². The largest absolute Gasteiger partial charge is 0.317 e. The van der Waals surface area contributed by atoms with Gasteiger partial charge in [0, 0.05) is 28.3 Å². The van der Waals surface area contributed by atoms with Crippen molar-refractivity contribution < 1.29 is 0 Å². The van der Waals surface area contributed by atoms with Gasteiger partial charge in [-0.2, -0.15) is 0 Å². The number of fused-ring (bicyclic) bond motifs is 4. The number of nitrogens with zero attached hydrogens (tertiary/aromatic N) is 2. The van der Waals surface area contributed by atoms with Gasteiger partial charge < -0.3 is 9.13 Å². The average Bonchev–Trinajstić information content (AvgIpc) is 3.54. The molecule has 0 N–H and O–H groups in total. The third-order valence-corrected chi connectivity index (χ3v) is 7.24. The van der Waals surface area contributed by atoms with E-state index in [0.29, 0.717) is 0 Å². The van der Waals surface area contributed by atoms with Gasteiger partial charge in [0.1, 0.15) is 0 Å². The van der Waals surface area contributed by atoms with Gasteiger partial charge in [0.25, 0.3) is 0 Å². The second-order valence-electron chi connectivity index (χ2n) is 9.44. The van der Waals surface area contributed by atoms with Crippen molar-refractivity contribution in [2.45, 2.75) is 6.92 Å². The van der Waals surface area contributed by atoms with E-state index in [1.165, 1.54) is 60.8 Å². The molecule has 0 aliphatic carbocycles. The number of rotatable bonds is 4. The Bertz CT molecular complexity index is 1920. The van der Waals surface area contributed by atoms with Crippen molar-refractivity contribution in [1.82, 2.24) is 9.13 Å². The number of para-hydroxylation sites is 3. The molecule has 0 spiro atoms. The molecular formula is C35H26N2. The van der Waals surface area contributed by atoms with E-state index in [2.05, 4.69) is 156 Å². The van der Waals surface area contributed by atoms with Gasteiger partial charge in [-0.25, -0.2) is 0 Å². The maximum absolute atomic E-state index is 2.39. The normalized spacial score (nSPS) is 11.8. The Hall–Kier alpha value is -4.82. The Morgan fingerprint density at radius 2 is 1.30 bits per heavy atom. The lowest BCUT2D eigenvalue weighted by Crippen LogP contribution is -1.95. The fourth-order valence-electron chi connectivity index (χ4n) is 5.57. The van der Waals surface area contributed by atoms with E-state index in [1.54, 1.807) is 0 Å². The quantitative estimate of drug-likeness (QED) is 0.240. The van der Waals surface area contributed by atoms with Crippen LogP contribution >= 0.6 is 0 Å². The average molecular weight is 475 g/mol. The molecule has 2 heterocycles. The first kappa shape index (κ1) is 21.5. The Labute approximate surface area is 216 Å². The highest BCUT2D eigenvalue weighted by atomic mass is 15.0. The predicted molar refractivity (Wildman–Crippen MR) is 158 cm³/mol. The van der Waals surface area contributed by atoms with Gasteiger partial charge >= 0.3 is 0 Å². The molecular weight excluding hydrogens is 448 g/mol. The molecule has 37 heavy (non-hydrogen) atoms. The molecule has 0 aliphatic heterocycles. The first-order chi connectivity index (χ1) is 18.3. The van der Waals surface area contributed by atoms with Crippen molar-refractivity contribution >= 4 is 38.8 Å². The Morgan fingerprint density at radius 1 is 0.568 bits per heavy atom. The predicted octanol–water partition coefficient (Wildman–Crippen LogP) is 9.43. The number of benzene rings is 5. The highest BCUT2D eigenvalue weighted by Gasteiger charge is 2.16. The highest BCUT2D eigenvalue weighted by molar-refractivity contribution is 6.13. The van der Waals surface area contributed by atoms with E-state index < -0.39 is 0 Å². The molecule has 0 amide bonds. The summed E-state index contributed by atoms with van der Waals surface area (Å²) < 4.78 is 4.64. The summed E-state index contributed by atoms with van der Waals surface area (Å²) in [7, 11) is 0. The van der Waals surface area contributed by atoms with Crippen LogP contribution in [0.3, 0.4) is 0 Å². The van der Waals surface area contributed by atoms with Crippen LogP contribution in [-0.4, -0.2) is 9.13 Å². The van der Waals surface area contributed by atoms with Gasteiger partial charge in [0.15, 0.2) is 0 Å². The van der Waals surface area contributed by atoms with Crippen molar-refractivity contribution in [3.05, 3.63) is 139 Å². The lowest BCUT2D eigenvalue weighted by Gasteiger charge is -2.12. The molecule has 2 nitrogen and oxygen atoms in total. The van der Waals surface area contributed by atoms with Gasteiger partial charge in [-0.15, -0.1) is 0 Å². The molecule has 0 saturated carbocycles. The van der Waals surface area contributed by atoms with E-state index >= 15 is 0 Å². The minimum Gasteiger partial charge on any atom is -0.317 e. The van der Waals surface area contributed by atoms with Crippen LogP contribution in [0.15, 0.2) is 134 Å². The third-order valence-electron chi connectivity index (χ3n) is 7.24. The molecule has 7 aromatic rings. The molecule has 0 radical (unpaired) electrons. The monoisotopic (exact) mass is 474 g/mol. The Kier molecular flexibility index (Phi) is 5.04. The van der Waals surface area contributed by atoms with Gasteiger partial charge in [-0.1, -0.05) is 78.9 Å². The van der Waals surface area contributed by atoms with Crippen LogP contribution in [0.25, 0.3) is 61.3 Å². The van der Waals surface area contributed by atoms with E-state index in [9.17, 15) is 0 Å². The van der Waals surface area contributed by atoms with Crippen molar-refractivity contribution in [2.24, 2.45) is 0 Å². The van der Waals surface area contributed by atoms with Crippen molar-refractivity contribution in [3.63, 3.8) is 0 Å². The van der Waals surface area contributed by atoms with Gasteiger partial charge in [0.2, 0.25) is 0 Å². The standard InChI is InChI=1S/C35H26N2/c1-2-10-27-23-28(25-17-19-29(20-18-25)36-22-21-26-11-6-8-15-33(26)36)24-32-31-14-7-9-16-34(31)37(35(27)32)30-12-4-3-5-13-30/h2-24H,1H3/b10-2+. The molecule has 0 saturated heterocycles. The van der Waals surface area contributed by atoms with Crippen molar-refractivity contribution in [2.75, 3.05) is 0 Å². The summed E-state index contributed by atoms with van der Waals surface area (Å²) in [5.41, 5.74) is 9.68. The second kappa shape index (κ2) is 8.69. The zero-order chi connectivity index (χ0) is 24.8. The highest BCUT2D eigenvalue weighted by Crippen LogP contribution is 2.38.